The summed E-state index contributed by atoms with van der Waals surface area (Å²) in [6.45, 7) is 3.01. The average Bonchev–Trinajstić information content (AvgIpc) is 2.80. The van der Waals surface area contributed by atoms with Gasteiger partial charge in [0.1, 0.15) is 6.33 Å². The van der Waals surface area contributed by atoms with Gasteiger partial charge >= 0.3 is 5.69 Å². The summed E-state index contributed by atoms with van der Waals surface area (Å²) in [6, 6.07) is 23.9. The largest absolute Gasteiger partial charge is 0.364 e. The molecule has 0 saturated heterocycles. The van der Waals surface area contributed by atoms with Gasteiger partial charge in [-0.05, 0) is 30.4 Å². The molecule has 0 unspecified atom stereocenters. The number of rotatable bonds is 8. The maximum Gasteiger partial charge on any atom is 0.353 e. The summed E-state index contributed by atoms with van der Waals surface area (Å²) in [5, 5.41) is 17.3. The molecule has 156 valence electrons. The van der Waals surface area contributed by atoms with Gasteiger partial charge in [0.25, 0.3) is 0 Å². The minimum Gasteiger partial charge on any atom is -0.364 e. The quantitative estimate of drug-likeness (QED) is 0.310. The van der Waals surface area contributed by atoms with Crippen molar-refractivity contribution < 1.29 is 4.92 Å². The van der Waals surface area contributed by atoms with Crippen LogP contribution >= 0.6 is 0 Å². The number of nitrogens with one attached hydrogen (secondary N) is 1. The second-order valence-corrected chi connectivity index (χ2v) is 7.06. The highest BCUT2D eigenvalue weighted by Gasteiger charge is 2.27. The van der Waals surface area contributed by atoms with Crippen molar-refractivity contribution in [3.63, 3.8) is 0 Å². The van der Waals surface area contributed by atoms with Crippen molar-refractivity contribution in [1.29, 1.82) is 0 Å². The van der Waals surface area contributed by atoms with Crippen LogP contribution in [0.25, 0.3) is 10.8 Å². The number of aromatic nitrogens is 2. The molecular weight excluding hydrogens is 390 g/mol. The molecule has 0 saturated carbocycles. The second-order valence-electron chi connectivity index (χ2n) is 7.06. The molecule has 0 aliphatic rings. The van der Waals surface area contributed by atoms with E-state index >= 15 is 0 Å². The van der Waals surface area contributed by atoms with Gasteiger partial charge in [0.15, 0.2) is 0 Å². The first kappa shape index (κ1) is 20.3. The molecule has 0 fully saturated rings. The first-order valence-corrected chi connectivity index (χ1v) is 10.2. The van der Waals surface area contributed by atoms with Gasteiger partial charge in [0.05, 0.1) is 10.6 Å². The van der Waals surface area contributed by atoms with Crippen molar-refractivity contribution in [2.45, 2.75) is 13.3 Å². The van der Waals surface area contributed by atoms with Crippen molar-refractivity contribution >= 4 is 33.8 Å². The highest BCUT2D eigenvalue weighted by Crippen LogP contribution is 2.38. The molecule has 1 heterocycles. The van der Waals surface area contributed by atoms with E-state index in [0.717, 1.165) is 28.4 Å². The Balaban J connectivity index is 1.70. The maximum atomic E-state index is 12.0. The van der Waals surface area contributed by atoms with Crippen LogP contribution in [0.4, 0.5) is 23.0 Å². The summed E-state index contributed by atoms with van der Waals surface area (Å²) >= 11 is 0. The molecule has 0 radical (unpaired) electrons. The number of hydrogen-bond acceptors (Lipinski definition) is 6. The smallest absolute Gasteiger partial charge is 0.353 e. The third-order valence-electron chi connectivity index (χ3n) is 5.16. The summed E-state index contributed by atoms with van der Waals surface area (Å²) in [5.74, 6) is 0.505. The molecule has 31 heavy (non-hydrogen) atoms. The minimum atomic E-state index is -0.409. The SMILES string of the molecule is CCN(c1ncnc(NCCc2ccccc2)c1[N+](=O)[O-])c1cccc2ccccc12. The van der Waals surface area contributed by atoms with Crippen molar-refractivity contribution in [3.05, 3.63) is 94.8 Å². The number of fused-ring (bicyclic) bond motifs is 1. The predicted octanol–water partition coefficient (Wildman–Crippen LogP) is 5.35. The van der Waals surface area contributed by atoms with E-state index in [-0.39, 0.29) is 17.3 Å². The van der Waals surface area contributed by atoms with Crippen molar-refractivity contribution in [2.75, 3.05) is 23.3 Å². The standard InChI is InChI=1S/C24H23N5O2/c1-2-28(21-14-8-12-19-11-6-7-13-20(19)21)24-22(29(30)31)23(26-17-27-24)25-16-15-18-9-4-3-5-10-18/h3-14,17H,2,15-16H2,1H3,(H,25,26,27). The highest BCUT2D eigenvalue weighted by molar-refractivity contribution is 5.96. The Bertz CT molecular complexity index is 1190. The summed E-state index contributed by atoms with van der Waals surface area (Å²) in [6.07, 6.45) is 2.11. The second kappa shape index (κ2) is 9.21. The fourth-order valence-corrected chi connectivity index (χ4v) is 3.71. The van der Waals surface area contributed by atoms with E-state index in [1.165, 1.54) is 6.33 Å². The minimum absolute atomic E-state index is 0.120. The number of anilines is 3. The molecule has 4 aromatic rings. The lowest BCUT2D eigenvalue weighted by Gasteiger charge is -2.24. The predicted molar refractivity (Wildman–Crippen MR) is 124 cm³/mol. The Morgan fingerprint density at radius 2 is 1.71 bits per heavy atom. The Hall–Kier alpha value is -4.00. The van der Waals surface area contributed by atoms with Gasteiger partial charge in [-0.25, -0.2) is 9.97 Å². The van der Waals surface area contributed by atoms with E-state index in [9.17, 15) is 10.1 Å². The van der Waals surface area contributed by atoms with Crippen molar-refractivity contribution in [1.82, 2.24) is 9.97 Å². The molecule has 0 atom stereocenters. The van der Waals surface area contributed by atoms with Crippen molar-refractivity contribution in [3.8, 4) is 0 Å². The molecule has 4 rings (SSSR count). The maximum absolute atomic E-state index is 12.0. The number of nitro groups is 1. The van der Waals surface area contributed by atoms with Crippen LogP contribution in [0.2, 0.25) is 0 Å². The van der Waals surface area contributed by atoms with Crippen LogP contribution in [0.15, 0.2) is 79.1 Å². The Kier molecular flexibility index (Phi) is 6.03. The van der Waals surface area contributed by atoms with Crippen LogP contribution in [-0.4, -0.2) is 28.0 Å². The van der Waals surface area contributed by atoms with Gasteiger partial charge in [-0.2, -0.15) is 0 Å². The van der Waals surface area contributed by atoms with Crippen LogP contribution < -0.4 is 10.2 Å². The van der Waals surface area contributed by atoms with Gasteiger partial charge in [-0.15, -0.1) is 0 Å². The zero-order chi connectivity index (χ0) is 21.6. The van der Waals surface area contributed by atoms with Gasteiger partial charge in [0, 0.05) is 18.5 Å². The first-order valence-electron chi connectivity index (χ1n) is 10.2. The van der Waals surface area contributed by atoms with Gasteiger partial charge < -0.3 is 10.2 Å². The van der Waals surface area contributed by atoms with Crippen LogP contribution in [0.5, 0.6) is 0 Å². The summed E-state index contributed by atoms with van der Waals surface area (Å²) in [7, 11) is 0. The molecule has 0 aliphatic carbocycles. The monoisotopic (exact) mass is 413 g/mol. The topological polar surface area (TPSA) is 84.2 Å². The zero-order valence-electron chi connectivity index (χ0n) is 17.2. The van der Waals surface area contributed by atoms with E-state index in [2.05, 4.69) is 15.3 Å². The fourth-order valence-electron chi connectivity index (χ4n) is 3.71. The fraction of sp³-hybridized carbons (Fsp3) is 0.167. The lowest BCUT2D eigenvalue weighted by atomic mass is 10.1. The number of benzene rings is 3. The molecule has 3 aromatic carbocycles. The highest BCUT2D eigenvalue weighted by atomic mass is 16.6. The summed E-state index contributed by atoms with van der Waals surface area (Å²) < 4.78 is 0. The number of hydrogen-bond donors (Lipinski definition) is 1. The average molecular weight is 413 g/mol. The van der Waals surface area contributed by atoms with Gasteiger partial charge in [-0.1, -0.05) is 66.7 Å². The molecule has 0 bridgehead atoms. The van der Waals surface area contributed by atoms with Crippen LogP contribution in [-0.2, 0) is 6.42 Å². The molecule has 7 heteroatoms. The van der Waals surface area contributed by atoms with E-state index in [0.29, 0.717) is 13.1 Å². The van der Waals surface area contributed by atoms with E-state index < -0.39 is 4.92 Å². The number of nitrogens with zero attached hydrogens (tertiary/aromatic N) is 4. The van der Waals surface area contributed by atoms with E-state index in [4.69, 9.17) is 0 Å². The Morgan fingerprint density at radius 1 is 0.968 bits per heavy atom. The molecule has 0 amide bonds. The lowest BCUT2D eigenvalue weighted by Crippen LogP contribution is -2.20. The molecule has 7 nitrogen and oxygen atoms in total. The van der Waals surface area contributed by atoms with Gasteiger partial charge in [0.2, 0.25) is 11.6 Å². The summed E-state index contributed by atoms with van der Waals surface area (Å²) in [4.78, 5) is 22.0. The molecule has 1 N–H and O–H groups in total. The van der Waals surface area contributed by atoms with Crippen LogP contribution in [0.3, 0.4) is 0 Å². The normalized spacial score (nSPS) is 10.7. The Labute approximate surface area is 180 Å². The molecule has 0 aliphatic heterocycles. The van der Waals surface area contributed by atoms with Crippen molar-refractivity contribution in [2.24, 2.45) is 0 Å². The molecule has 0 spiro atoms. The summed E-state index contributed by atoms with van der Waals surface area (Å²) in [5.41, 5.74) is 1.90. The first-order chi connectivity index (χ1) is 15.2. The van der Waals surface area contributed by atoms with Gasteiger partial charge in [-0.3, -0.25) is 10.1 Å². The van der Waals surface area contributed by atoms with Crippen LogP contribution in [0.1, 0.15) is 12.5 Å². The third-order valence-corrected chi connectivity index (χ3v) is 5.16. The van der Waals surface area contributed by atoms with E-state index in [1.807, 2.05) is 84.6 Å². The third kappa shape index (κ3) is 4.30. The zero-order valence-corrected chi connectivity index (χ0v) is 17.2. The lowest BCUT2D eigenvalue weighted by molar-refractivity contribution is -0.383. The molecule has 1 aromatic heterocycles. The Morgan fingerprint density at radius 3 is 2.48 bits per heavy atom. The van der Waals surface area contributed by atoms with E-state index in [1.54, 1.807) is 0 Å². The molecular formula is C24H23N5O2. The van der Waals surface area contributed by atoms with Crippen LogP contribution in [0, 0.1) is 10.1 Å².